The van der Waals surface area contributed by atoms with E-state index in [-0.39, 0.29) is 0 Å². The Labute approximate surface area is 125 Å². The first-order valence-electron chi connectivity index (χ1n) is 7.48. The zero-order valence-corrected chi connectivity index (χ0v) is 14.9. The molecule has 0 atom stereocenters. The van der Waals surface area contributed by atoms with Crippen LogP contribution in [0.25, 0.3) is 0 Å². The van der Waals surface area contributed by atoms with E-state index >= 15 is 0 Å². The molecule has 20 heavy (non-hydrogen) atoms. The van der Waals surface area contributed by atoms with E-state index in [2.05, 4.69) is 11.8 Å². The Hall–Kier alpha value is 0.0169. The van der Waals surface area contributed by atoms with Gasteiger partial charge in [0.25, 0.3) is 0 Å². The zero-order valence-electron chi connectivity index (χ0n) is 13.9. The van der Waals surface area contributed by atoms with Crippen LogP contribution in [0.3, 0.4) is 0 Å². The minimum absolute atomic E-state index is 0.776. The van der Waals surface area contributed by atoms with E-state index in [1.807, 2.05) is 0 Å². The molecular formula is C14H33NO4Si. The average Bonchev–Trinajstić information content (AvgIpc) is 2.49. The van der Waals surface area contributed by atoms with Crippen LogP contribution in [0, 0.1) is 0 Å². The first-order valence-corrected chi connectivity index (χ1v) is 9.71. The third-order valence-electron chi connectivity index (χ3n) is 3.75. The summed E-state index contributed by atoms with van der Waals surface area (Å²) in [5.74, 6) is 0. The van der Waals surface area contributed by atoms with E-state index in [1.165, 1.54) is 0 Å². The van der Waals surface area contributed by atoms with E-state index in [0.29, 0.717) is 0 Å². The van der Waals surface area contributed by atoms with Crippen LogP contribution in [0.1, 0.15) is 19.8 Å². The van der Waals surface area contributed by atoms with E-state index < -0.39 is 8.56 Å². The molecule has 0 rings (SSSR count). The van der Waals surface area contributed by atoms with Crippen molar-refractivity contribution in [2.75, 3.05) is 61.3 Å². The Balaban J connectivity index is 4.09. The largest absolute Gasteiger partial charge is 0.398 e. The first kappa shape index (κ1) is 20.0. The van der Waals surface area contributed by atoms with Crippen LogP contribution in [0.15, 0.2) is 0 Å². The standard InChI is InChI=1S/C14H33NO4Si/c1-6-20(18-4,19-5)14-8-10-15(11-13-17-3)9-7-12-16-2/h6-14H2,1-5H3. The van der Waals surface area contributed by atoms with Crippen molar-refractivity contribution in [3.8, 4) is 0 Å². The van der Waals surface area contributed by atoms with Crippen molar-refractivity contribution in [3.63, 3.8) is 0 Å². The molecule has 0 aromatic carbocycles. The van der Waals surface area contributed by atoms with Crippen LogP contribution in [0.4, 0.5) is 0 Å². The molecule has 0 fully saturated rings. The van der Waals surface area contributed by atoms with Gasteiger partial charge >= 0.3 is 8.56 Å². The molecule has 0 aliphatic carbocycles. The maximum atomic E-state index is 5.65. The molecule has 0 aromatic heterocycles. The van der Waals surface area contributed by atoms with Crippen molar-refractivity contribution in [3.05, 3.63) is 0 Å². The van der Waals surface area contributed by atoms with Gasteiger partial charge in [-0.25, -0.2) is 0 Å². The highest BCUT2D eigenvalue weighted by Crippen LogP contribution is 2.19. The molecule has 0 saturated carbocycles. The van der Waals surface area contributed by atoms with Gasteiger partial charge in [-0.15, -0.1) is 0 Å². The number of methoxy groups -OCH3 is 2. The van der Waals surface area contributed by atoms with E-state index in [1.54, 1.807) is 28.4 Å². The molecule has 0 bridgehead atoms. The van der Waals surface area contributed by atoms with Gasteiger partial charge in [-0.1, -0.05) is 6.92 Å². The van der Waals surface area contributed by atoms with Gasteiger partial charge in [0.2, 0.25) is 0 Å². The molecule has 0 spiro atoms. The number of nitrogens with zero attached hydrogens (tertiary/aromatic N) is 1. The van der Waals surface area contributed by atoms with Crippen LogP contribution in [-0.2, 0) is 18.3 Å². The van der Waals surface area contributed by atoms with E-state index in [0.717, 1.165) is 57.8 Å². The summed E-state index contributed by atoms with van der Waals surface area (Å²) in [5.41, 5.74) is 0. The van der Waals surface area contributed by atoms with Gasteiger partial charge in [0.15, 0.2) is 0 Å². The fraction of sp³-hybridized carbons (Fsp3) is 1.00. The van der Waals surface area contributed by atoms with Crippen molar-refractivity contribution in [1.82, 2.24) is 4.90 Å². The number of hydrogen-bond donors (Lipinski definition) is 0. The number of rotatable bonds is 14. The molecule has 0 aromatic rings. The summed E-state index contributed by atoms with van der Waals surface area (Å²) in [6.07, 6.45) is 2.17. The third-order valence-corrected chi connectivity index (χ3v) is 7.43. The second-order valence-electron chi connectivity index (χ2n) is 4.96. The maximum absolute atomic E-state index is 5.65. The molecule has 0 N–H and O–H groups in total. The lowest BCUT2D eigenvalue weighted by molar-refractivity contribution is 0.132. The predicted molar refractivity (Wildman–Crippen MR) is 84.5 cm³/mol. The maximum Gasteiger partial charge on any atom is 0.337 e. The summed E-state index contributed by atoms with van der Waals surface area (Å²) in [7, 11) is 5.12. The highest BCUT2D eigenvalue weighted by atomic mass is 28.4. The summed E-state index contributed by atoms with van der Waals surface area (Å²) in [4.78, 5) is 2.43. The lowest BCUT2D eigenvalue weighted by Gasteiger charge is -2.28. The Morgan fingerprint density at radius 1 is 0.800 bits per heavy atom. The van der Waals surface area contributed by atoms with Gasteiger partial charge < -0.3 is 23.2 Å². The molecule has 0 saturated heterocycles. The highest BCUT2D eigenvalue weighted by molar-refractivity contribution is 6.67. The first-order chi connectivity index (χ1) is 9.67. The molecule has 122 valence electrons. The lowest BCUT2D eigenvalue weighted by Crippen LogP contribution is -2.40. The fourth-order valence-electron chi connectivity index (χ4n) is 2.31. The summed E-state index contributed by atoms with van der Waals surface area (Å²) < 4.78 is 21.6. The highest BCUT2D eigenvalue weighted by Gasteiger charge is 2.32. The molecule has 0 unspecified atom stereocenters. The van der Waals surface area contributed by atoms with Crippen LogP contribution >= 0.6 is 0 Å². The second-order valence-corrected chi connectivity index (χ2v) is 8.80. The van der Waals surface area contributed by atoms with Crippen molar-refractivity contribution in [2.45, 2.75) is 31.9 Å². The lowest BCUT2D eigenvalue weighted by atomic mass is 10.3. The minimum atomic E-state index is -1.94. The van der Waals surface area contributed by atoms with Gasteiger partial charge in [0.05, 0.1) is 6.61 Å². The van der Waals surface area contributed by atoms with Crippen molar-refractivity contribution >= 4 is 8.56 Å². The zero-order chi connectivity index (χ0) is 15.3. The van der Waals surface area contributed by atoms with Crippen LogP contribution in [0.5, 0.6) is 0 Å². The van der Waals surface area contributed by atoms with Gasteiger partial charge in [0.1, 0.15) is 0 Å². The SMILES string of the molecule is CC[Si](CCCN(CCCOC)CCOC)(OC)OC. The van der Waals surface area contributed by atoms with Crippen LogP contribution < -0.4 is 0 Å². The summed E-state index contributed by atoms with van der Waals surface area (Å²) in [6.45, 7) is 6.83. The summed E-state index contributed by atoms with van der Waals surface area (Å²) in [5, 5.41) is 0. The molecule has 0 amide bonds. The molecule has 5 nitrogen and oxygen atoms in total. The fourth-order valence-corrected chi connectivity index (χ4v) is 4.52. The third kappa shape index (κ3) is 8.34. The quantitative estimate of drug-likeness (QED) is 0.363. The van der Waals surface area contributed by atoms with Gasteiger partial charge in [0, 0.05) is 48.1 Å². The normalized spacial score (nSPS) is 12.3. The Kier molecular flexibility index (Phi) is 12.7. The van der Waals surface area contributed by atoms with Gasteiger partial charge in [-0.2, -0.15) is 0 Å². The smallest absolute Gasteiger partial charge is 0.337 e. The van der Waals surface area contributed by atoms with E-state index in [9.17, 15) is 0 Å². The number of ether oxygens (including phenoxy) is 2. The number of hydrogen-bond acceptors (Lipinski definition) is 5. The van der Waals surface area contributed by atoms with Crippen molar-refractivity contribution in [2.24, 2.45) is 0 Å². The molecular weight excluding hydrogens is 274 g/mol. The summed E-state index contributed by atoms with van der Waals surface area (Å²) in [6, 6.07) is 2.05. The van der Waals surface area contributed by atoms with Crippen LogP contribution in [0.2, 0.25) is 12.1 Å². The second kappa shape index (κ2) is 12.7. The van der Waals surface area contributed by atoms with Crippen molar-refractivity contribution in [1.29, 1.82) is 0 Å². The van der Waals surface area contributed by atoms with E-state index in [4.69, 9.17) is 18.3 Å². The molecule has 0 aliphatic rings. The monoisotopic (exact) mass is 307 g/mol. The Bertz CT molecular complexity index is 207. The topological polar surface area (TPSA) is 40.2 Å². The van der Waals surface area contributed by atoms with Crippen molar-refractivity contribution < 1.29 is 18.3 Å². The molecule has 6 heteroatoms. The molecule has 0 aliphatic heterocycles. The Morgan fingerprint density at radius 3 is 1.90 bits per heavy atom. The summed E-state index contributed by atoms with van der Waals surface area (Å²) >= 11 is 0. The minimum Gasteiger partial charge on any atom is -0.398 e. The van der Waals surface area contributed by atoms with Gasteiger partial charge in [-0.3, -0.25) is 0 Å². The van der Waals surface area contributed by atoms with Crippen LogP contribution in [-0.4, -0.2) is 74.7 Å². The average molecular weight is 308 g/mol. The molecule has 0 radical (unpaired) electrons. The van der Waals surface area contributed by atoms with Gasteiger partial charge in [-0.05, 0) is 31.5 Å². The molecule has 0 heterocycles. The predicted octanol–water partition coefficient (Wildman–Crippen LogP) is 2.12. The Morgan fingerprint density at radius 2 is 1.40 bits per heavy atom.